The second kappa shape index (κ2) is 8.08. The van der Waals surface area contributed by atoms with Gasteiger partial charge in [-0.25, -0.2) is 9.59 Å². The van der Waals surface area contributed by atoms with Gasteiger partial charge in [0, 0.05) is 6.54 Å². The molecule has 2 rings (SSSR count). The summed E-state index contributed by atoms with van der Waals surface area (Å²) in [6.45, 7) is 6.58. The average molecular weight is 377 g/mol. The lowest BCUT2D eigenvalue weighted by molar-refractivity contribution is -0.171. The Morgan fingerprint density at radius 2 is 1.78 bits per heavy atom. The number of ether oxygens (including phenoxy) is 2. The van der Waals surface area contributed by atoms with Crippen molar-refractivity contribution in [2.24, 2.45) is 0 Å². The number of ketones is 1. The molecule has 0 bridgehead atoms. The predicted molar refractivity (Wildman–Crippen MR) is 97.8 cm³/mol. The molecule has 1 heterocycles. The number of esters is 1. The Labute approximate surface area is 159 Å². The first-order valence-electron chi connectivity index (χ1n) is 9.00. The standard InChI is InChI=1S/C20H27NO6/c1-19(2,3)27-18(24)21-12-8-11-15(21)16(22)20(4,25)17(23)26-13-14-9-6-5-7-10-14/h5-7,9-10,15,25H,8,11-13H2,1-4H3/t15-,20+/m0/s1. The van der Waals surface area contributed by atoms with Gasteiger partial charge in [-0.3, -0.25) is 9.69 Å². The Morgan fingerprint density at radius 1 is 1.15 bits per heavy atom. The molecule has 1 aromatic carbocycles. The minimum absolute atomic E-state index is 0.0520. The molecule has 2 atom stereocenters. The highest BCUT2D eigenvalue weighted by Gasteiger charge is 2.48. The van der Waals surface area contributed by atoms with Gasteiger partial charge in [0.05, 0.1) is 6.04 Å². The monoisotopic (exact) mass is 377 g/mol. The Morgan fingerprint density at radius 3 is 2.37 bits per heavy atom. The van der Waals surface area contributed by atoms with Crippen LogP contribution in [0.25, 0.3) is 0 Å². The van der Waals surface area contributed by atoms with E-state index in [9.17, 15) is 19.5 Å². The first kappa shape index (κ1) is 20.9. The minimum Gasteiger partial charge on any atom is -0.458 e. The van der Waals surface area contributed by atoms with Crippen LogP contribution in [0.3, 0.4) is 0 Å². The summed E-state index contributed by atoms with van der Waals surface area (Å²) < 4.78 is 10.4. The molecule has 1 aliphatic rings. The van der Waals surface area contributed by atoms with Gasteiger partial charge in [-0.1, -0.05) is 30.3 Å². The van der Waals surface area contributed by atoms with Crippen LogP contribution in [0.1, 0.15) is 46.1 Å². The maximum absolute atomic E-state index is 12.8. The fraction of sp³-hybridized carbons (Fsp3) is 0.550. The number of nitrogens with zero attached hydrogens (tertiary/aromatic N) is 1. The zero-order chi connectivity index (χ0) is 20.2. The van der Waals surface area contributed by atoms with Gasteiger partial charge in [0.15, 0.2) is 5.78 Å². The second-order valence-electron chi connectivity index (χ2n) is 7.83. The molecule has 148 valence electrons. The van der Waals surface area contributed by atoms with Crippen LogP contribution in [-0.2, 0) is 25.7 Å². The lowest BCUT2D eigenvalue weighted by atomic mass is 9.93. The number of amides is 1. The molecule has 0 aromatic heterocycles. The Balaban J connectivity index is 2.04. The molecule has 27 heavy (non-hydrogen) atoms. The highest BCUT2D eigenvalue weighted by atomic mass is 16.6. The molecule has 0 aliphatic carbocycles. The van der Waals surface area contributed by atoms with Gasteiger partial charge in [0.1, 0.15) is 12.2 Å². The van der Waals surface area contributed by atoms with Crippen LogP contribution in [0.15, 0.2) is 30.3 Å². The van der Waals surface area contributed by atoms with E-state index in [1.165, 1.54) is 4.90 Å². The van der Waals surface area contributed by atoms with Crippen molar-refractivity contribution >= 4 is 17.8 Å². The van der Waals surface area contributed by atoms with E-state index in [4.69, 9.17) is 9.47 Å². The largest absolute Gasteiger partial charge is 0.458 e. The molecule has 1 saturated heterocycles. The van der Waals surface area contributed by atoms with E-state index in [1.54, 1.807) is 45.0 Å². The van der Waals surface area contributed by atoms with Crippen molar-refractivity contribution in [3.63, 3.8) is 0 Å². The smallest absolute Gasteiger partial charge is 0.410 e. The van der Waals surface area contributed by atoms with Gasteiger partial charge in [0.25, 0.3) is 0 Å². The summed E-state index contributed by atoms with van der Waals surface area (Å²) in [5, 5.41) is 10.5. The molecule has 1 fully saturated rings. The van der Waals surface area contributed by atoms with Crippen molar-refractivity contribution in [2.45, 2.75) is 64.4 Å². The third-order valence-corrected chi connectivity index (χ3v) is 4.27. The molecule has 1 aliphatic heterocycles. The first-order valence-corrected chi connectivity index (χ1v) is 9.00. The summed E-state index contributed by atoms with van der Waals surface area (Å²) in [6, 6.07) is 8.04. The van der Waals surface area contributed by atoms with Crippen molar-refractivity contribution in [1.29, 1.82) is 0 Å². The van der Waals surface area contributed by atoms with Crippen LogP contribution < -0.4 is 0 Å². The number of aliphatic hydroxyl groups is 1. The van der Waals surface area contributed by atoms with E-state index < -0.39 is 35.1 Å². The number of Topliss-reactive ketones (excluding diaryl/α,β-unsaturated/α-hetero) is 1. The molecular weight excluding hydrogens is 350 g/mol. The number of carbonyl (C=O) groups is 3. The van der Waals surface area contributed by atoms with Crippen molar-refractivity contribution in [2.75, 3.05) is 6.54 Å². The van der Waals surface area contributed by atoms with Crippen molar-refractivity contribution in [1.82, 2.24) is 4.90 Å². The van der Waals surface area contributed by atoms with Gasteiger partial charge in [-0.2, -0.15) is 0 Å². The molecular formula is C20H27NO6. The molecule has 0 saturated carbocycles. The fourth-order valence-electron chi connectivity index (χ4n) is 2.87. The Kier molecular flexibility index (Phi) is 6.26. The lowest BCUT2D eigenvalue weighted by Gasteiger charge is -2.30. The number of rotatable bonds is 5. The molecule has 1 aromatic rings. The van der Waals surface area contributed by atoms with Gasteiger partial charge in [-0.05, 0) is 46.1 Å². The topological polar surface area (TPSA) is 93.1 Å². The number of likely N-dealkylation sites (tertiary alicyclic amines) is 1. The summed E-state index contributed by atoms with van der Waals surface area (Å²) >= 11 is 0. The van der Waals surface area contributed by atoms with Crippen molar-refractivity contribution in [3.8, 4) is 0 Å². The van der Waals surface area contributed by atoms with Gasteiger partial charge >= 0.3 is 12.1 Å². The van der Waals surface area contributed by atoms with E-state index >= 15 is 0 Å². The zero-order valence-electron chi connectivity index (χ0n) is 16.2. The van der Waals surface area contributed by atoms with Crippen LogP contribution in [-0.4, -0.2) is 51.6 Å². The van der Waals surface area contributed by atoms with Crippen molar-refractivity contribution in [3.05, 3.63) is 35.9 Å². The molecule has 1 N–H and O–H groups in total. The predicted octanol–water partition coefficient (Wildman–Crippen LogP) is 2.45. The third-order valence-electron chi connectivity index (χ3n) is 4.27. The second-order valence-corrected chi connectivity index (χ2v) is 7.83. The number of benzene rings is 1. The number of carbonyl (C=O) groups excluding carboxylic acids is 3. The maximum Gasteiger partial charge on any atom is 0.410 e. The number of hydrogen-bond donors (Lipinski definition) is 1. The van der Waals surface area contributed by atoms with Crippen LogP contribution in [0.4, 0.5) is 4.79 Å². The minimum atomic E-state index is -2.34. The first-order chi connectivity index (χ1) is 12.5. The summed E-state index contributed by atoms with van der Waals surface area (Å²) in [5.74, 6) is -1.80. The Hall–Kier alpha value is -2.41. The summed E-state index contributed by atoms with van der Waals surface area (Å²) in [5.41, 5.74) is -2.31. The van der Waals surface area contributed by atoms with Crippen LogP contribution in [0.5, 0.6) is 0 Å². The lowest BCUT2D eigenvalue weighted by Crippen LogP contribution is -2.54. The molecule has 0 radical (unpaired) electrons. The highest BCUT2D eigenvalue weighted by Crippen LogP contribution is 2.26. The molecule has 0 spiro atoms. The summed E-state index contributed by atoms with van der Waals surface area (Å²) in [7, 11) is 0. The Bertz CT molecular complexity index is 692. The molecule has 1 amide bonds. The summed E-state index contributed by atoms with van der Waals surface area (Å²) in [6.07, 6.45) is 0.317. The average Bonchev–Trinajstić information content (AvgIpc) is 3.08. The summed E-state index contributed by atoms with van der Waals surface area (Å²) in [4.78, 5) is 38.7. The SMILES string of the molecule is CC(C)(C)OC(=O)N1CCC[C@H]1C(=O)[C@@](C)(O)C(=O)OCc1ccccc1. The molecule has 0 unspecified atom stereocenters. The van der Waals surface area contributed by atoms with Gasteiger partial charge in [0.2, 0.25) is 5.60 Å². The van der Waals surface area contributed by atoms with Crippen LogP contribution in [0.2, 0.25) is 0 Å². The van der Waals surface area contributed by atoms with E-state index in [0.29, 0.717) is 19.4 Å². The molecule has 7 nitrogen and oxygen atoms in total. The van der Waals surface area contributed by atoms with Crippen LogP contribution in [0, 0.1) is 0 Å². The highest BCUT2D eigenvalue weighted by molar-refractivity contribution is 6.09. The van der Waals surface area contributed by atoms with Gasteiger partial charge < -0.3 is 14.6 Å². The van der Waals surface area contributed by atoms with Crippen molar-refractivity contribution < 1.29 is 29.0 Å². The van der Waals surface area contributed by atoms with Gasteiger partial charge in [-0.15, -0.1) is 0 Å². The zero-order valence-corrected chi connectivity index (χ0v) is 16.2. The fourth-order valence-corrected chi connectivity index (χ4v) is 2.87. The molecule has 7 heteroatoms. The normalized spacial score (nSPS) is 19.3. The maximum atomic E-state index is 12.8. The van der Waals surface area contributed by atoms with E-state index in [2.05, 4.69) is 0 Å². The van der Waals surface area contributed by atoms with E-state index in [1.807, 2.05) is 6.07 Å². The van der Waals surface area contributed by atoms with E-state index in [0.717, 1.165) is 12.5 Å². The third kappa shape index (κ3) is 5.29. The van der Waals surface area contributed by atoms with Crippen LogP contribution >= 0.6 is 0 Å². The number of hydrogen-bond acceptors (Lipinski definition) is 6. The quantitative estimate of drug-likeness (QED) is 0.626. The van der Waals surface area contributed by atoms with E-state index in [-0.39, 0.29) is 6.61 Å².